The number of esters is 3. The first-order valence-electron chi connectivity index (χ1n) is 33.6. The van der Waals surface area contributed by atoms with Crippen LogP contribution in [0.25, 0.3) is 0 Å². The normalized spacial score (nSPS) is 23.1. The zero-order chi connectivity index (χ0) is 57.4. The average molecular weight is 1080 g/mol. The van der Waals surface area contributed by atoms with Gasteiger partial charge in [0.15, 0.2) is 0 Å². The third kappa shape index (κ3) is 33.8. The lowest BCUT2D eigenvalue weighted by molar-refractivity contribution is -0.146. The Balaban J connectivity index is 2.14. The molecule has 0 amide bonds. The van der Waals surface area contributed by atoms with E-state index in [9.17, 15) is 14.4 Å². The molecule has 0 aromatic heterocycles. The van der Waals surface area contributed by atoms with Gasteiger partial charge in [0, 0.05) is 19.3 Å². The topological polar surface area (TPSA) is 82.1 Å². The summed E-state index contributed by atoms with van der Waals surface area (Å²) in [5.41, 5.74) is 0.544. The highest BCUT2D eigenvalue weighted by Crippen LogP contribution is 2.64. The van der Waals surface area contributed by atoms with E-state index in [0.717, 1.165) is 114 Å². The molecule has 2 rings (SSSR count). The number of hydrogen-bond donors (Lipinski definition) is 0. The van der Waals surface area contributed by atoms with Crippen molar-refractivity contribution in [2.24, 2.45) is 81.3 Å². The van der Waals surface area contributed by atoms with Crippen molar-refractivity contribution in [2.45, 2.75) is 310 Å². The van der Waals surface area contributed by atoms with Crippen molar-refractivity contribution in [1.29, 1.82) is 0 Å². The Morgan fingerprint density at radius 3 is 1.12 bits per heavy atom. The summed E-state index contributed by atoms with van der Waals surface area (Å²) < 4.78 is 18.2. The zero-order valence-corrected chi connectivity index (χ0v) is 54.4. The van der Waals surface area contributed by atoms with Crippen LogP contribution in [0.5, 0.6) is 0 Å². The second kappa shape index (κ2) is 39.0. The van der Waals surface area contributed by atoms with Crippen LogP contribution in [0.15, 0.2) is 0 Å². The molecule has 0 saturated heterocycles. The summed E-state index contributed by atoms with van der Waals surface area (Å²) in [5.74, 6) is 6.87. The fraction of sp³-hybridized carbons (Fsp3) is 0.957. The highest BCUT2D eigenvalue weighted by atomic mass is 16.5. The number of rotatable bonds is 46. The Morgan fingerprint density at radius 2 is 0.779 bits per heavy atom. The summed E-state index contributed by atoms with van der Waals surface area (Å²) in [6.45, 7) is 42.1. The van der Waals surface area contributed by atoms with E-state index in [-0.39, 0.29) is 34.2 Å². The van der Waals surface area contributed by atoms with Gasteiger partial charge >= 0.3 is 17.9 Å². The lowest BCUT2D eigenvalue weighted by atomic mass is 9.47. The van der Waals surface area contributed by atoms with Crippen molar-refractivity contribution in [3.05, 3.63) is 0 Å². The van der Waals surface area contributed by atoms with E-state index < -0.39 is 0 Å². The first kappa shape index (κ1) is 71.5. The molecular weight excluding hydrogens is 951 g/mol. The summed E-state index contributed by atoms with van der Waals surface area (Å²) in [6, 6.07) is 0. The quantitative estimate of drug-likeness (QED) is 0.0341. The predicted molar refractivity (Wildman–Crippen MR) is 329 cm³/mol. The lowest BCUT2D eigenvalue weighted by Gasteiger charge is -2.58. The average Bonchev–Trinajstić information content (AvgIpc) is 3.31. The predicted octanol–water partition coefficient (Wildman–Crippen LogP) is 20.1. The minimum atomic E-state index is -0.0574. The van der Waals surface area contributed by atoms with E-state index in [1.807, 2.05) is 0 Å². The van der Waals surface area contributed by atoms with Crippen molar-refractivity contribution >= 4 is 17.9 Å². The fourth-order valence-electron chi connectivity index (χ4n) is 15.5. The van der Waals surface area contributed by atoms with Crippen LogP contribution in [-0.2, 0) is 28.6 Å². The third-order valence-corrected chi connectivity index (χ3v) is 18.9. The van der Waals surface area contributed by atoms with Gasteiger partial charge in [0.1, 0.15) is 0 Å². The molecule has 2 saturated carbocycles. The van der Waals surface area contributed by atoms with Crippen LogP contribution in [0.3, 0.4) is 0 Å². The summed E-state index contributed by atoms with van der Waals surface area (Å²) in [6.07, 6.45) is 34.1. The van der Waals surface area contributed by atoms with E-state index in [1.165, 1.54) is 109 Å². The molecule has 2 bridgehead atoms. The Bertz CT molecular complexity index is 1490. The molecule has 7 heteroatoms. The monoisotopic (exact) mass is 1080 g/mol. The van der Waals surface area contributed by atoms with Crippen LogP contribution in [0.2, 0.25) is 0 Å². The lowest BCUT2D eigenvalue weighted by Crippen LogP contribution is -2.47. The van der Waals surface area contributed by atoms with Gasteiger partial charge in [-0.15, -0.1) is 0 Å². The standard InChI is InChI=1S/C70H133NO6/c1-17-71(18-2)39-23-35-65(72)75-40-24-36-68(15)49-64-50-69(16,37-25-41-76-66(73)47-62(43-58(11)31-19-27-54(3)4)44-59(12)32-20-28-55(5)6)53-70(51-64,52-68)38-26-42-77-67(74)48-63(45-60(13)33-21-29-56(7)8)46-61(14)34-22-30-57(9)10/h54-64H,17-53H2,1-16H3. The van der Waals surface area contributed by atoms with Crippen LogP contribution in [0, 0.1) is 81.3 Å². The van der Waals surface area contributed by atoms with Crippen LogP contribution >= 0.6 is 0 Å². The van der Waals surface area contributed by atoms with Crippen molar-refractivity contribution in [3.8, 4) is 0 Å². The summed E-state index contributed by atoms with van der Waals surface area (Å²) in [5, 5.41) is 0. The molecule has 454 valence electrons. The molecule has 0 aliphatic heterocycles. The van der Waals surface area contributed by atoms with Gasteiger partial charge in [-0.3, -0.25) is 14.4 Å². The maximum absolute atomic E-state index is 13.8. The highest BCUT2D eigenvalue weighted by molar-refractivity contribution is 5.70. The van der Waals surface area contributed by atoms with Crippen LogP contribution in [0.1, 0.15) is 310 Å². The van der Waals surface area contributed by atoms with Crippen molar-refractivity contribution in [2.75, 3.05) is 39.5 Å². The van der Waals surface area contributed by atoms with Gasteiger partial charge in [-0.1, -0.05) is 188 Å². The number of hydrogen-bond acceptors (Lipinski definition) is 7. The number of fused-ring (bicyclic) bond motifs is 2. The van der Waals surface area contributed by atoms with Crippen LogP contribution in [0.4, 0.5) is 0 Å². The molecular formula is C70H133NO6. The second-order valence-corrected chi connectivity index (χ2v) is 29.9. The molecule has 77 heavy (non-hydrogen) atoms. The molecule has 0 N–H and O–H groups in total. The summed E-state index contributed by atoms with van der Waals surface area (Å²) >= 11 is 0. The molecule has 0 aromatic carbocycles. The minimum absolute atomic E-state index is 0.00636. The van der Waals surface area contributed by atoms with Crippen LogP contribution in [-0.4, -0.2) is 62.3 Å². The molecule has 0 radical (unpaired) electrons. The molecule has 2 aliphatic rings. The second-order valence-electron chi connectivity index (χ2n) is 29.9. The minimum Gasteiger partial charge on any atom is -0.466 e. The summed E-state index contributed by atoms with van der Waals surface area (Å²) in [7, 11) is 0. The fourth-order valence-corrected chi connectivity index (χ4v) is 15.5. The highest BCUT2D eigenvalue weighted by Gasteiger charge is 2.53. The van der Waals surface area contributed by atoms with E-state index in [2.05, 4.69) is 116 Å². The molecule has 0 aromatic rings. The van der Waals surface area contributed by atoms with Gasteiger partial charge in [-0.25, -0.2) is 0 Å². The SMILES string of the molecule is CCN(CC)CCCC(=O)OCCCC1(C)CC2CC(C)(CCCOC(=O)CC(CC(C)CCCC(C)C)CC(C)CCCC(C)C)CC(CCCOC(=O)CC(CC(C)CCCC(C)C)CC(C)CCCC(C)C)(C2)C1. The number of carbonyl (C=O) groups is 3. The first-order chi connectivity index (χ1) is 36.4. The van der Waals surface area contributed by atoms with Crippen molar-refractivity contribution in [3.63, 3.8) is 0 Å². The van der Waals surface area contributed by atoms with E-state index in [1.54, 1.807) is 0 Å². The van der Waals surface area contributed by atoms with E-state index >= 15 is 0 Å². The Labute approximate surface area is 479 Å². The van der Waals surface area contributed by atoms with Crippen molar-refractivity contribution in [1.82, 2.24) is 4.90 Å². The van der Waals surface area contributed by atoms with Crippen LogP contribution < -0.4 is 0 Å². The molecule has 7 nitrogen and oxygen atoms in total. The largest absolute Gasteiger partial charge is 0.466 e. The van der Waals surface area contributed by atoms with E-state index in [0.29, 0.717) is 80.5 Å². The smallest absolute Gasteiger partial charge is 0.306 e. The maximum Gasteiger partial charge on any atom is 0.306 e. The molecule has 0 spiro atoms. The maximum atomic E-state index is 13.8. The van der Waals surface area contributed by atoms with Gasteiger partial charge in [0.05, 0.1) is 19.8 Å². The summed E-state index contributed by atoms with van der Waals surface area (Å²) in [4.78, 5) is 42.5. The third-order valence-electron chi connectivity index (χ3n) is 18.9. The van der Waals surface area contributed by atoms with Gasteiger partial charge in [-0.2, -0.15) is 0 Å². The zero-order valence-electron chi connectivity index (χ0n) is 54.4. The Morgan fingerprint density at radius 1 is 0.442 bits per heavy atom. The van der Waals surface area contributed by atoms with Gasteiger partial charge in [0.2, 0.25) is 0 Å². The number of ether oxygens (including phenoxy) is 3. The van der Waals surface area contributed by atoms with E-state index in [4.69, 9.17) is 14.2 Å². The van der Waals surface area contributed by atoms with Gasteiger partial charge < -0.3 is 19.1 Å². The number of carbonyl (C=O) groups excluding carboxylic acids is 3. The molecule has 0 heterocycles. The van der Waals surface area contributed by atoms with Crippen molar-refractivity contribution < 1.29 is 28.6 Å². The molecule has 8 atom stereocenters. The first-order valence-corrected chi connectivity index (χ1v) is 33.6. The molecule has 2 fully saturated rings. The Hall–Kier alpha value is -1.63. The van der Waals surface area contributed by atoms with Gasteiger partial charge in [-0.05, 0) is 204 Å². The number of nitrogens with zero attached hydrogens (tertiary/aromatic N) is 1. The van der Waals surface area contributed by atoms with Gasteiger partial charge in [0.25, 0.3) is 0 Å². The Kier molecular flexibility index (Phi) is 36.2. The molecule has 8 unspecified atom stereocenters. The molecule has 2 aliphatic carbocycles.